The van der Waals surface area contributed by atoms with Gasteiger partial charge in [0.1, 0.15) is 0 Å². The Kier molecular flexibility index (Phi) is 7.38. The van der Waals surface area contributed by atoms with Gasteiger partial charge in [-0.25, -0.2) is 0 Å². The lowest BCUT2D eigenvalue weighted by molar-refractivity contribution is -0.117. The van der Waals surface area contributed by atoms with Crippen molar-refractivity contribution in [2.75, 3.05) is 49.9 Å². The molecule has 2 N–H and O–H groups in total. The third kappa shape index (κ3) is 6.41. The Balaban J connectivity index is 1.37. The van der Waals surface area contributed by atoms with E-state index in [1.807, 2.05) is 62.4 Å². The molecule has 3 rings (SSSR count). The Morgan fingerprint density at radius 2 is 1.41 bits per heavy atom. The van der Waals surface area contributed by atoms with Crippen LogP contribution < -0.4 is 10.6 Å². The van der Waals surface area contributed by atoms with Gasteiger partial charge in [-0.2, -0.15) is 0 Å². The standard InChI is InChI=1S/C23H30N4O2/c1-18-7-6-8-19(2)23(18)25-22(29)17-27-15-13-26(14-16-27)12-11-21(28)24-20-9-4-3-5-10-20/h3-10H,11-17H2,1-2H3,(H,24,28)(H,25,29). The monoisotopic (exact) mass is 394 g/mol. The highest BCUT2D eigenvalue weighted by atomic mass is 16.2. The molecule has 29 heavy (non-hydrogen) atoms. The number of hydrogen-bond acceptors (Lipinski definition) is 4. The third-order valence-corrected chi connectivity index (χ3v) is 5.29. The molecule has 0 aromatic heterocycles. The van der Waals surface area contributed by atoms with Crippen molar-refractivity contribution < 1.29 is 9.59 Å². The van der Waals surface area contributed by atoms with Gasteiger partial charge in [-0.05, 0) is 37.1 Å². The molecule has 1 saturated heterocycles. The Bertz CT molecular complexity index is 810. The summed E-state index contributed by atoms with van der Waals surface area (Å²) in [5, 5.41) is 5.97. The van der Waals surface area contributed by atoms with Crippen molar-refractivity contribution in [3.8, 4) is 0 Å². The zero-order valence-electron chi connectivity index (χ0n) is 17.3. The molecule has 0 unspecified atom stereocenters. The summed E-state index contributed by atoms with van der Waals surface area (Å²) in [6.45, 7) is 8.56. The molecule has 6 heteroatoms. The summed E-state index contributed by atoms with van der Waals surface area (Å²) < 4.78 is 0. The fourth-order valence-corrected chi connectivity index (χ4v) is 3.57. The smallest absolute Gasteiger partial charge is 0.238 e. The summed E-state index contributed by atoms with van der Waals surface area (Å²) in [6.07, 6.45) is 0.474. The van der Waals surface area contributed by atoms with E-state index in [4.69, 9.17) is 0 Å². The topological polar surface area (TPSA) is 64.7 Å². The molecule has 0 radical (unpaired) electrons. The van der Waals surface area contributed by atoms with Crippen molar-refractivity contribution in [2.45, 2.75) is 20.3 Å². The summed E-state index contributed by atoms with van der Waals surface area (Å²) >= 11 is 0. The van der Waals surface area contributed by atoms with Crippen LogP contribution in [0, 0.1) is 13.8 Å². The zero-order chi connectivity index (χ0) is 20.6. The first-order valence-corrected chi connectivity index (χ1v) is 10.2. The van der Waals surface area contributed by atoms with Gasteiger partial charge >= 0.3 is 0 Å². The number of nitrogens with zero attached hydrogens (tertiary/aromatic N) is 2. The molecule has 2 aromatic rings. The van der Waals surface area contributed by atoms with E-state index >= 15 is 0 Å². The minimum atomic E-state index is 0.0260. The average molecular weight is 395 g/mol. The molecule has 1 aliphatic rings. The maximum Gasteiger partial charge on any atom is 0.238 e. The van der Waals surface area contributed by atoms with Crippen molar-refractivity contribution in [3.63, 3.8) is 0 Å². The minimum absolute atomic E-state index is 0.0260. The highest BCUT2D eigenvalue weighted by molar-refractivity contribution is 5.93. The highest BCUT2D eigenvalue weighted by Gasteiger charge is 2.20. The van der Waals surface area contributed by atoms with Crippen LogP contribution in [0.25, 0.3) is 0 Å². The molecular formula is C23H30N4O2. The first kappa shape index (κ1) is 21.0. The van der Waals surface area contributed by atoms with E-state index in [1.54, 1.807) is 0 Å². The van der Waals surface area contributed by atoms with Crippen molar-refractivity contribution in [2.24, 2.45) is 0 Å². The van der Waals surface area contributed by atoms with Crippen LogP contribution in [0.5, 0.6) is 0 Å². The van der Waals surface area contributed by atoms with Gasteiger partial charge in [0.05, 0.1) is 6.54 Å². The van der Waals surface area contributed by atoms with Gasteiger partial charge < -0.3 is 15.5 Å². The summed E-state index contributed by atoms with van der Waals surface area (Å²) in [5.41, 5.74) is 3.91. The number of piperazine rings is 1. The first-order valence-electron chi connectivity index (χ1n) is 10.2. The van der Waals surface area contributed by atoms with Gasteiger partial charge in [0, 0.05) is 50.5 Å². The van der Waals surface area contributed by atoms with E-state index < -0.39 is 0 Å². The van der Waals surface area contributed by atoms with Crippen LogP contribution in [0.1, 0.15) is 17.5 Å². The van der Waals surface area contributed by atoms with E-state index in [1.165, 1.54) is 0 Å². The van der Waals surface area contributed by atoms with Gasteiger partial charge in [-0.1, -0.05) is 36.4 Å². The summed E-state index contributed by atoms with van der Waals surface area (Å²) in [5.74, 6) is 0.0599. The quantitative estimate of drug-likeness (QED) is 0.758. The molecule has 0 atom stereocenters. The van der Waals surface area contributed by atoms with Crippen LogP contribution in [0.4, 0.5) is 11.4 Å². The summed E-state index contributed by atoms with van der Waals surface area (Å²) in [6, 6.07) is 15.5. The predicted octanol–water partition coefficient (Wildman–Crippen LogP) is 2.89. The van der Waals surface area contributed by atoms with Crippen molar-refractivity contribution in [3.05, 3.63) is 59.7 Å². The third-order valence-electron chi connectivity index (χ3n) is 5.29. The molecular weight excluding hydrogens is 364 g/mol. The number of aryl methyl sites for hydroxylation is 2. The number of carbonyl (C=O) groups is 2. The minimum Gasteiger partial charge on any atom is -0.326 e. The van der Waals surface area contributed by atoms with Crippen molar-refractivity contribution in [1.82, 2.24) is 9.80 Å². The largest absolute Gasteiger partial charge is 0.326 e. The Hall–Kier alpha value is -2.70. The zero-order valence-corrected chi connectivity index (χ0v) is 17.3. The predicted molar refractivity (Wildman–Crippen MR) is 117 cm³/mol. The van der Waals surface area contributed by atoms with Gasteiger partial charge in [0.15, 0.2) is 0 Å². The fraction of sp³-hybridized carbons (Fsp3) is 0.391. The van der Waals surface area contributed by atoms with Gasteiger partial charge in [-0.15, -0.1) is 0 Å². The molecule has 0 bridgehead atoms. The first-order chi connectivity index (χ1) is 14.0. The second-order valence-electron chi connectivity index (χ2n) is 7.60. The summed E-state index contributed by atoms with van der Waals surface area (Å²) in [7, 11) is 0. The maximum atomic E-state index is 12.4. The molecule has 1 heterocycles. The van der Waals surface area contributed by atoms with Crippen molar-refractivity contribution in [1.29, 1.82) is 0 Å². The van der Waals surface area contributed by atoms with E-state index in [2.05, 4.69) is 20.4 Å². The van der Waals surface area contributed by atoms with E-state index in [-0.39, 0.29) is 11.8 Å². The molecule has 0 aliphatic carbocycles. The molecule has 0 saturated carbocycles. The Labute approximate surface area is 172 Å². The lowest BCUT2D eigenvalue weighted by atomic mass is 10.1. The van der Waals surface area contributed by atoms with Gasteiger partial charge in [-0.3, -0.25) is 14.5 Å². The molecule has 0 spiro atoms. The van der Waals surface area contributed by atoms with Gasteiger partial charge in [0.2, 0.25) is 11.8 Å². The van der Waals surface area contributed by atoms with E-state index in [0.29, 0.717) is 13.0 Å². The molecule has 2 amide bonds. The molecule has 154 valence electrons. The van der Waals surface area contributed by atoms with Crippen molar-refractivity contribution >= 4 is 23.2 Å². The van der Waals surface area contributed by atoms with E-state index in [0.717, 1.165) is 55.2 Å². The number of benzene rings is 2. The van der Waals surface area contributed by atoms with Crippen LogP contribution in [0.3, 0.4) is 0 Å². The maximum absolute atomic E-state index is 12.4. The highest BCUT2D eigenvalue weighted by Crippen LogP contribution is 2.19. The lowest BCUT2D eigenvalue weighted by Gasteiger charge is -2.34. The number of para-hydroxylation sites is 2. The number of amides is 2. The number of nitrogens with one attached hydrogen (secondary N) is 2. The number of hydrogen-bond donors (Lipinski definition) is 2. The van der Waals surface area contributed by atoms with Gasteiger partial charge in [0.25, 0.3) is 0 Å². The van der Waals surface area contributed by atoms with Crippen LogP contribution in [0.2, 0.25) is 0 Å². The molecule has 2 aromatic carbocycles. The van der Waals surface area contributed by atoms with Crippen LogP contribution in [-0.4, -0.2) is 60.9 Å². The second-order valence-corrected chi connectivity index (χ2v) is 7.60. The lowest BCUT2D eigenvalue weighted by Crippen LogP contribution is -2.49. The molecule has 1 aliphatic heterocycles. The molecule has 6 nitrogen and oxygen atoms in total. The SMILES string of the molecule is Cc1cccc(C)c1NC(=O)CN1CCN(CCC(=O)Nc2ccccc2)CC1. The average Bonchev–Trinajstić information content (AvgIpc) is 2.71. The van der Waals surface area contributed by atoms with Crippen LogP contribution >= 0.6 is 0 Å². The van der Waals surface area contributed by atoms with Crippen LogP contribution in [-0.2, 0) is 9.59 Å². The Morgan fingerprint density at radius 3 is 2.07 bits per heavy atom. The number of carbonyl (C=O) groups excluding carboxylic acids is 2. The second kappa shape index (κ2) is 10.2. The molecule has 1 fully saturated rings. The Morgan fingerprint density at radius 1 is 0.793 bits per heavy atom. The van der Waals surface area contributed by atoms with E-state index in [9.17, 15) is 9.59 Å². The number of rotatable bonds is 7. The van der Waals surface area contributed by atoms with Crippen LogP contribution in [0.15, 0.2) is 48.5 Å². The normalized spacial score (nSPS) is 15.1. The number of anilines is 2. The fourth-order valence-electron chi connectivity index (χ4n) is 3.57. The summed E-state index contributed by atoms with van der Waals surface area (Å²) in [4.78, 5) is 29.0.